The van der Waals surface area contributed by atoms with E-state index in [-0.39, 0.29) is 27.6 Å². The molecule has 1 amide bonds. The van der Waals surface area contributed by atoms with Crippen LogP contribution in [0.25, 0.3) is 0 Å². The van der Waals surface area contributed by atoms with Crippen molar-refractivity contribution in [2.45, 2.75) is 0 Å². The lowest BCUT2D eigenvalue weighted by atomic mass is 10.1. The Morgan fingerprint density at radius 1 is 1.14 bits per heavy atom. The standard InChI is InChI=1S/C13H9Cl2N3O3/c14-7-1-3-9(10(16)5-7)13(19)17-11-4-2-8(15)6-12(11)18(20)21/h1-6H,16H2,(H,17,19). The molecule has 0 aromatic heterocycles. The largest absolute Gasteiger partial charge is 0.398 e. The second kappa shape index (κ2) is 5.99. The molecule has 3 N–H and O–H groups in total. The van der Waals surface area contributed by atoms with Gasteiger partial charge in [-0.2, -0.15) is 0 Å². The first-order valence-electron chi connectivity index (χ1n) is 5.69. The van der Waals surface area contributed by atoms with Gasteiger partial charge in [0.25, 0.3) is 11.6 Å². The molecule has 21 heavy (non-hydrogen) atoms. The van der Waals surface area contributed by atoms with Crippen molar-refractivity contribution in [1.82, 2.24) is 0 Å². The highest BCUT2D eigenvalue weighted by Gasteiger charge is 2.18. The topological polar surface area (TPSA) is 98.3 Å². The van der Waals surface area contributed by atoms with Crippen molar-refractivity contribution in [2.24, 2.45) is 0 Å². The zero-order valence-electron chi connectivity index (χ0n) is 10.5. The van der Waals surface area contributed by atoms with Gasteiger partial charge in [-0.3, -0.25) is 14.9 Å². The molecular formula is C13H9Cl2N3O3. The van der Waals surface area contributed by atoms with E-state index in [4.69, 9.17) is 28.9 Å². The monoisotopic (exact) mass is 325 g/mol. The van der Waals surface area contributed by atoms with Gasteiger partial charge in [-0.05, 0) is 30.3 Å². The van der Waals surface area contributed by atoms with Crippen molar-refractivity contribution in [3.8, 4) is 0 Å². The summed E-state index contributed by atoms with van der Waals surface area (Å²) in [4.78, 5) is 22.4. The van der Waals surface area contributed by atoms with E-state index in [1.54, 1.807) is 0 Å². The first-order valence-corrected chi connectivity index (χ1v) is 6.44. The van der Waals surface area contributed by atoms with Crippen molar-refractivity contribution >= 4 is 46.2 Å². The molecule has 2 aromatic rings. The number of halogens is 2. The fourth-order valence-electron chi connectivity index (χ4n) is 1.69. The molecule has 0 heterocycles. The minimum Gasteiger partial charge on any atom is -0.398 e. The van der Waals surface area contributed by atoms with Crippen molar-refractivity contribution in [3.63, 3.8) is 0 Å². The predicted molar refractivity (Wildman–Crippen MR) is 81.9 cm³/mol. The number of nitrogens with zero attached hydrogens (tertiary/aromatic N) is 1. The maximum Gasteiger partial charge on any atom is 0.294 e. The van der Waals surface area contributed by atoms with Gasteiger partial charge in [0.05, 0.1) is 10.5 Å². The maximum absolute atomic E-state index is 12.1. The average molecular weight is 326 g/mol. The molecular weight excluding hydrogens is 317 g/mol. The molecule has 2 rings (SSSR count). The van der Waals surface area contributed by atoms with E-state index in [2.05, 4.69) is 5.32 Å². The minimum absolute atomic E-state index is 0.0313. The summed E-state index contributed by atoms with van der Waals surface area (Å²) in [5.41, 5.74) is 5.77. The third-order valence-corrected chi connectivity index (χ3v) is 3.13. The Bertz CT molecular complexity index is 735. The first-order chi connectivity index (χ1) is 9.88. The Balaban J connectivity index is 2.34. The molecule has 8 heteroatoms. The molecule has 0 spiro atoms. The van der Waals surface area contributed by atoms with Gasteiger partial charge in [-0.1, -0.05) is 23.2 Å². The molecule has 6 nitrogen and oxygen atoms in total. The smallest absolute Gasteiger partial charge is 0.294 e. The third kappa shape index (κ3) is 3.42. The van der Waals surface area contributed by atoms with Crippen LogP contribution in [0.4, 0.5) is 17.1 Å². The Morgan fingerprint density at radius 3 is 2.38 bits per heavy atom. The number of benzene rings is 2. The molecule has 0 fully saturated rings. The second-order valence-corrected chi connectivity index (χ2v) is 4.98. The molecule has 0 unspecified atom stereocenters. The van der Waals surface area contributed by atoms with E-state index >= 15 is 0 Å². The molecule has 0 aliphatic heterocycles. The van der Waals surface area contributed by atoms with Gasteiger partial charge in [-0.25, -0.2) is 0 Å². The van der Waals surface area contributed by atoms with E-state index in [9.17, 15) is 14.9 Å². The third-order valence-electron chi connectivity index (χ3n) is 2.66. The van der Waals surface area contributed by atoms with E-state index in [1.165, 1.54) is 30.3 Å². The molecule has 108 valence electrons. The highest BCUT2D eigenvalue weighted by Crippen LogP contribution is 2.28. The number of rotatable bonds is 3. The van der Waals surface area contributed by atoms with Crippen LogP contribution in [-0.4, -0.2) is 10.8 Å². The SMILES string of the molecule is Nc1cc(Cl)ccc1C(=O)Nc1ccc(Cl)cc1[N+](=O)[O-]. The highest BCUT2D eigenvalue weighted by molar-refractivity contribution is 6.31. The van der Waals surface area contributed by atoms with Crippen LogP contribution in [0.1, 0.15) is 10.4 Å². The number of nitro groups is 1. The number of nitrogens with one attached hydrogen (secondary N) is 1. The van der Waals surface area contributed by atoms with Crippen LogP contribution in [0.3, 0.4) is 0 Å². The van der Waals surface area contributed by atoms with Gasteiger partial charge < -0.3 is 11.1 Å². The lowest BCUT2D eigenvalue weighted by Gasteiger charge is -2.08. The molecule has 0 bridgehead atoms. The van der Waals surface area contributed by atoms with Gasteiger partial charge in [-0.15, -0.1) is 0 Å². The van der Waals surface area contributed by atoms with Crippen LogP contribution in [0.15, 0.2) is 36.4 Å². The summed E-state index contributed by atoms with van der Waals surface area (Å²) >= 11 is 11.5. The maximum atomic E-state index is 12.1. The molecule has 0 radical (unpaired) electrons. The quantitative estimate of drug-likeness (QED) is 0.510. The molecule has 0 aliphatic carbocycles. The van der Waals surface area contributed by atoms with Crippen LogP contribution in [-0.2, 0) is 0 Å². The lowest BCUT2D eigenvalue weighted by molar-refractivity contribution is -0.383. The summed E-state index contributed by atoms with van der Waals surface area (Å²) in [6.45, 7) is 0. The predicted octanol–water partition coefficient (Wildman–Crippen LogP) is 3.74. The van der Waals surface area contributed by atoms with Crippen molar-refractivity contribution in [3.05, 3.63) is 62.1 Å². The summed E-state index contributed by atoms with van der Waals surface area (Å²) in [5.74, 6) is -0.574. The first kappa shape index (κ1) is 15.1. The summed E-state index contributed by atoms with van der Waals surface area (Å²) in [7, 11) is 0. The van der Waals surface area contributed by atoms with E-state index in [0.717, 1.165) is 6.07 Å². The van der Waals surface area contributed by atoms with Crippen LogP contribution >= 0.6 is 23.2 Å². The zero-order chi connectivity index (χ0) is 15.6. The Labute approximate surface area is 129 Å². The number of anilines is 2. The number of nitro benzene ring substituents is 1. The van der Waals surface area contributed by atoms with Gasteiger partial charge in [0.1, 0.15) is 5.69 Å². The van der Waals surface area contributed by atoms with Crippen LogP contribution in [0.2, 0.25) is 10.0 Å². The fraction of sp³-hybridized carbons (Fsp3) is 0. The Morgan fingerprint density at radius 2 is 1.76 bits per heavy atom. The van der Waals surface area contributed by atoms with Crippen molar-refractivity contribution in [2.75, 3.05) is 11.1 Å². The number of nitrogen functional groups attached to an aromatic ring is 1. The van der Waals surface area contributed by atoms with E-state index in [0.29, 0.717) is 5.02 Å². The number of hydrogen-bond acceptors (Lipinski definition) is 4. The van der Waals surface area contributed by atoms with E-state index in [1.807, 2.05) is 0 Å². The lowest BCUT2D eigenvalue weighted by Crippen LogP contribution is -2.15. The van der Waals surface area contributed by atoms with Crippen LogP contribution in [0, 0.1) is 10.1 Å². The zero-order valence-corrected chi connectivity index (χ0v) is 12.0. The number of carbonyl (C=O) groups excluding carboxylic acids is 1. The van der Waals surface area contributed by atoms with Gasteiger partial charge >= 0.3 is 0 Å². The second-order valence-electron chi connectivity index (χ2n) is 4.10. The van der Waals surface area contributed by atoms with Crippen LogP contribution in [0.5, 0.6) is 0 Å². The van der Waals surface area contributed by atoms with E-state index < -0.39 is 10.8 Å². The summed E-state index contributed by atoms with van der Waals surface area (Å²) in [6.07, 6.45) is 0. The molecule has 0 aliphatic rings. The number of hydrogen-bond donors (Lipinski definition) is 2. The minimum atomic E-state index is -0.632. The fourth-order valence-corrected chi connectivity index (χ4v) is 2.04. The van der Waals surface area contributed by atoms with Gasteiger partial charge in [0, 0.05) is 21.8 Å². The average Bonchev–Trinajstić information content (AvgIpc) is 2.40. The number of nitrogens with two attached hydrogens (primary N) is 1. The number of amides is 1. The Hall–Kier alpha value is -2.31. The van der Waals surface area contributed by atoms with Gasteiger partial charge in [0.15, 0.2) is 0 Å². The molecule has 0 saturated carbocycles. The van der Waals surface area contributed by atoms with Crippen molar-refractivity contribution < 1.29 is 9.72 Å². The highest BCUT2D eigenvalue weighted by atomic mass is 35.5. The number of carbonyl (C=O) groups is 1. The Kier molecular flexibility index (Phi) is 4.30. The molecule has 0 atom stereocenters. The molecule has 0 saturated heterocycles. The van der Waals surface area contributed by atoms with Gasteiger partial charge in [0.2, 0.25) is 0 Å². The summed E-state index contributed by atoms with van der Waals surface area (Å²) in [5, 5.41) is 14.0. The summed E-state index contributed by atoms with van der Waals surface area (Å²) < 4.78 is 0. The molecule has 2 aromatic carbocycles. The van der Waals surface area contributed by atoms with Crippen molar-refractivity contribution in [1.29, 1.82) is 0 Å². The normalized spacial score (nSPS) is 10.2. The van der Waals surface area contributed by atoms with Crippen LogP contribution < -0.4 is 11.1 Å². The summed E-state index contributed by atoms with van der Waals surface area (Å²) in [6, 6.07) is 8.31.